The lowest BCUT2D eigenvalue weighted by atomic mass is 9.93. The number of aliphatic imine (C=N–C) groups is 1. The summed E-state index contributed by atoms with van der Waals surface area (Å²) in [5.74, 6) is 1.35. The Morgan fingerprint density at radius 1 is 1.31 bits per heavy atom. The average Bonchev–Trinajstić information content (AvgIpc) is 3.52. The molecule has 0 bridgehead atoms. The van der Waals surface area contributed by atoms with Crippen LogP contribution in [-0.2, 0) is 11.2 Å². The number of fused-ring (bicyclic) bond motifs is 1. The first kappa shape index (κ1) is 17.0. The number of nitrogens with zero attached hydrogens (tertiary/aromatic N) is 3. The third-order valence-corrected chi connectivity index (χ3v) is 5.56. The van der Waals surface area contributed by atoms with Crippen molar-refractivity contribution in [2.75, 3.05) is 13.6 Å². The van der Waals surface area contributed by atoms with Crippen LogP contribution < -0.4 is 5.43 Å². The molecule has 1 aliphatic carbocycles. The van der Waals surface area contributed by atoms with E-state index in [1.54, 1.807) is 0 Å². The van der Waals surface area contributed by atoms with E-state index in [1.807, 2.05) is 36.0 Å². The van der Waals surface area contributed by atoms with Crippen molar-refractivity contribution in [3.63, 3.8) is 0 Å². The molecule has 2 heterocycles. The highest BCUT2D eigenvalue weighted by Crippen LogP contribution is 2.40. The normalized spacial score (nSPS) is 24.3. The molecule has 26 heavy (non-hydrogen) atoms. The van der Waals surface area contributed by atoms with Gasteiger partial charge in [0.1, 0.15) is 11.5 Å². The predicted molar refractivity (Wildman–Crippen MR) is 103 cm³/mol. The Balaban J connectivity index is 1.65. The van der Waals surface area contributed by atoms with Gasteiger partial charge in [0.15, 0.2) is 0 Å². The Labute approximate surface area is 155 Å². The lowest BCUT2D eigenvalue weighted by Gasteiger charge is -2.36. The molecular weight excluding hydrogens is 324 g/mol. The second kappa shape index (κ2) is 6.72. The SMILES string of the molecule is C/C=C1/N=C(C(=O)N2CCc3ccccc3C2C)C=C(C2CC2)N1NC. The molecule has 1 fully saturated rings. The monoisotopic (exact) mass is 350 g/mol. The maximum Gasteiger partial charge on any atom is 0.273 e. The average molecular weight is 350 g/mol. The number of amides is 1. The summed E-state index contributed by atoms with van der Waals surface area (Å²) in [5.41, 5.74) is 7.51. The summed E-state index contributed by atoms with van der Waals surface area (Å²) in [5, 5.41) is 2.00. The topological polar surface area (TPSA) is 47.9 Å². The van der Waals surface area contributed by atoms with Gasteiger partial charge < -0.3 is 4.90 Å². The van der Waals surface area contributed by atoms with Gasteiger partial charge in [-0.3, -0.25) is 9.80 Å². The zero-order chi connectivity index (χ0) is 18.3. The van der Waals surface area contributed by atoms with Crippen molar-refractivity contribution in [1.82, 2.24) is 15.3 Å². The van der Waals surface area contributed by atoms with Crippen molar-refractivity contribution < 1.29 is 4.79 Å². The molecule has 1 atom stereocenters. The quantitative estimate of drug-likeness (QED) is 0.911. The molecule has 0 saturated heterocycles. The summed E-state index contributed by atoms with van der Waals surface area (Å²) >= 11 is 0. The van der Waals surface area contributed by atoms with Crippen molar-refractivity contribution in [2.45, 2.75) is 39.2 Å². The van der Waals surface area contributed by atoms with E-state index >= 15 is 0 Å². The Hall–Kier alpha value is -2.40. The van der Waals surface area contributed by atoms with Gasteiger partial charge in [-0.2, -0.15) is 0 Å². The summed E-state index contributed by atoms with van der Waals surface area (Å²) < 4.78 is 0. The zero-order valence-electron chi connectivity index (χ0n) is 15.7. The van der Waals surface area contributed by atoms with Gasteiger partial charge in [0.05, 0.1) is 6.04 Å². The smallest absolute Gasteiger partial charge is 0.273 e. The summed E-state index contributed by atoms with van der Waals surface area (Å²) in [6.45, 7) is 4.81. The van der Waals surface area contributed by atoms with E-state index in [-0.39, 0.29) is 11.9 Å². The number of carbonyl (C=O) groups excluding carboxylic acids is 1. The van der Waals surface area contributed by atoms with Crippen LogP contribution >= 0.6 is 0 Å². The molecule has 1 unspecified atom stereocenters. The summed E-state index contributed by atoms with van der Waals surface area (Å²) in [4.78, 5) is 19.9. The maximum absolute atomic E-state index is 13.3. The minimum Gasteiger partial charge on any atom is -0.330 e. The standard InChI is InChI=1S/C21H26N4O/c1-4-20-23-18(13-19(16-9-10-16)25(20)22-3)21(26)24-12-11-15-7-5-6-8-17(15)14(24)2/h4-8,13-14,16,22H,9-12H2,1-3H3/b20-4-. The lowest BCUT2D eigenvalue weighted by molar-refractivity contribution is -0.126. The van der Waals surface area contributed by atoms with Crippen molar-refractivity contribution in [2.24, 2.45) is 10.9 Å². The number of benzene rings is 1. The Morgan fingerprint density at radius 2 is 2.08 bits per heavy atom. The van der Waals surface area contributed by atoms with Crippen LogP contribution in [0, 0.1) is 5.92 Å². The molecule has 136 valence electrons. The van der Waals surface area contributed by atoms with Crippen molar-refractivity contribution in [3.05, 3.63) is 59.1 Å². The molecule has 3 aliphatic rings. The van der Waals surface area contributed by atoms with Gasteiger partial charge in [0.25, 0.3) is 5.91 Å². The molecule has 2 aliphatic heterocycles. The van der Waals surface area contributed by atoms with Crippen LogP contribution in [0.4, 0.5) is 0 Å². The van der Waals surface area contributed by atoms with Crippen molar-refractivity contribution >= 4 is 11.6 Å². The molecule has 0 aromatic heterocycles. The summed E-state index contributed by atoms with van der Waals surface area (Å²) in [6, 6.07) is 8.50. The fourth-order valence-corrected chi connectivity index (χ4v) is 3.97. The van der Waals surface area contributed by atoms with Crippen molar-refractivity contribution in [1.29, 1.82) is 0 Å². The van der Waals surface area contributed by atoms with E-state index in [2.05, 4.69) is 41.6 Å². The van der Waals surface area contributed by atoms with Crippen LogP contribution in [0.1, 0.15) is 43.9 Å². The molecule has 0 radical (unpaired) electrons. The molecule has 5 nitrogen and oxygen atoms in total. The minimum atomic E-state index is 0.0280. The van der Waals surface area contributed by atoms with Crippen LogP contribution in [0.5, 0.6) is 0 Å². The first-order valence-corrected chi connectivity index (χ1v) is 9.47. The molecule has 1 N–H and O–H groups in total. The number of rotatable bonds is 3. The van der Waals surface area contributed by atoms with Gasteiger partial charge in [-0.25, -0.2) is 10.4 Å². The van der Waals surface area contributed by atoms with Crippen LogP contribution in [0.15, 0.2) is 52.9 Å². The van der Waals surface area contributed by atoms with Gasteiger partial charge in [-0.1, -0.05) is 24.3 Å². The van der Waals surface area contributed by atoms with E-state index < -0.39 is 0 Å². The Morgan fingerprint density at radius 3 is 2.77 bits per heavy atom. The molecule has 1 aromatic carbocycles. The minimum absolute atomic E-state index is 0.0280. The number of hydrazine groups is 1. The Kier molecular flexibility index (Phi) is 4.41. The number of allylic oxidation sites excluding steroid dienone is 2. The van der Waals surface area contributed by atoms with Crippen LogP contribution in [0.2, 0.25) is 0 Å². The van der Waals surface area contributed by atoms with Crippen molar-refractivity contribution in [3.8, 4) is 0 Å². The van der Waals surface area contributed by atoms with Crippen LogP contribution in [0.25, 0.3) is 0 Å². The number of carbonyl (C=O) groups is 1. The second-order valence-corrected chi connectivity index (χ2v) is 7.17. The van der Waals surface area contributed by atoms with E-state index in [9.17, 15) is 4.79 Å². The van der Waals surface area contributed by atoms with E-state index in [0.717, 1.165) is 24.5 Å². The molecule has 0 spiro atoms. The fraction of sp³-hybridized carbons (Fsp3) is 0.429. The highest BCUT2D eigenvalue weighted by atomic mass is 16.2. The third-order valence-electron chi connectivity index (χ3n) is 5.56. The van der Waals surface area contributed by atoms with Gasteiger partial charge in [-0.05, 0) is 56.4 Å². The van der Waals surface area contributed by atoms with Gasteiger partial charge >= 0.3 is 0 Å². The Bertz CT molecular complexity index is 819. The first-order valence-electron chi connectivity index (χ1n) is 9.47. The first-order chi connectivity index (χ1) is 12.6. The van der Waals surface area contributed by atoms with E-state index in [0.29, 0.717) is 11.6 Å². The third kappa shape index (κ3) is 2.86. The highest BCUT2D eigenvalue weighted by molar-refractivity contribution is 6.43. The van der Waals surface area contributed by atoms with Gasteiger partial charge in [-0.15, -0.1) is 0 Å². The fourth-order valence-electron chi connectivity index (χ4n) is 3.97. The van der Waals surface area contributed by atoms with Crippen LogP contribution in [0.3, 0.4) is 0 Å². The number of hydrogen-bond donors (Lipinski definition) is 1. The van der Waals surface area contributed by atoms with Crippen LogP contribution in [-0.4, -0.2) is 35.1 Å². The molecule has 5 heteroatoms. The predicted octanol–water partition coefficient (Wildman–Crippen LogP) is 3.18. The number of hydrogen-bond acceptors (Lipinski definition) is 4. The van der Waals surface area contributed by atoms with E-state index in [1.165, 1.54) is 24.0 Å². The molecule has 4 rings (SSSR count). The largest absolute Gasteiger partial charge is 0.330 e. The maximum atomic E-state index is 13.3. The zero-order valence-corrected chi connectivity index (χ0v) is 15.7. The molecular formula is C21H26N4O. The molecule has 1 amide bonds. The van der Waals surface area contributed by atoms with E-state index in [4.69, 9.17) is 0 Å². The van der Waals surface area contributed by atoms with Gasteiger partial charge in [0.2, 0.25) is 0 Å². The number of nitrogens with one attached hydrogen (secondary N) is 1. The van der Waals surface area contributed by atoms with Gasteiger partial charge in [0, 0.05) is 25.2 Å². The summed E-state index contributed by atoms with van der Waals surface area (Å²) in [7, 11) is 1.89. The summed E-state index contributed by atoms with van der Waals surface area (Å²) in [6.07, 6.45) is 7.19. The second-order valence-electron chi connectivity index (χ2n) is 7.17. The molecule has 1 saturated carbocycles. The highest BCUT2D eigenvalue weighted by Gasteiger charge is 2.36. The lowest BCUT2D eigenvalue weighted by Crippen LogP contribution is -2.44. The molecule has 1 aromatic rings.